The van der Waals surface area contributed by atoms with Crippen molar-refractivity contribution in [3.8, 4) is 0 Å². The van der Waals surface area contributed by atoms with E-state index in [1.165, 1.54) is 16.9 Å². The van der Waals surface area contributed by atoms with Crippen LogP contribution < -0.4 is 9.80 Å². The van der Waals surface area contributed by atoms with E-state index in [9.17, 15) is 9.59 Å². The normalized spacial score (nSPS) is 15.8. The van der Waals surface area contributed by atoms with Crippen LogP contribution in [0.3, 0.4) is 0 Å². The minimum absolute atomic E-state index is 0.0331. The molecule has 1 aliphatic heterocycles. The maximum atomic E-state index is 13.8. The van der Waals surface area contributed by atoms with Crippen LogP contribution in [0.1, 0.15) is 24.6 Å². The van der Waals surface area contributed by atoms with Crippen LogP contribution in [0, 0.1) is 5.92 Å². The second-order valence-corrected chi connectivity index (χ2v) is 9.15. The second kappa shape index (κ2) is 9.11. The Morgan fingerprint density at radius 2 is 1.94 bits per heavy atom. The molecule has 2 aromatic carbocycles. The van der Waals surface area contributed by atoms with Gasteiger partial charge in [-0.3, -0.25) is 19.5 Å². The minimum atomic E-state index is -0.431. The van der Waals surface area contributed by atoms with Gasteiger partial charge >= 0.3 is 0 Å². The summed E-state index contributed by atoms with van der Waals surface area (Å²) in [6.45, 7) is 2.80. The number of benzene rings is 2. The molecule has 7 heteroatoms. The highest BCUT2D eigenvalue weighted by Crippen LogP contribution is 2.33. The lowest BCUT2D eigenvalue weighted by Crippen LogP contribution is -2.37. The van der Waals surface area contributed by atoms with Crippen molar-refractivity contribution in [3.05, 3.63) is 84.2 Å². The lowest BCUT2D eigenvalue weighted by molar-refractivity contribution is -0.124. The fourth-order valence-electron chi connectivity index (χ4n) is 4.14. The van der Waals surface area contributed by atoms with E-state index in [-0.39, 0.29) is 18.2 Å². The quantitative estimate of drug-likeness (QED) is 0.416. The summed E-state index contributed by atoms with van der Waals surface area (Å²) in [5, 5.41) is 0.638. The Morgan fingerprint density at radius 1 is 1.12 bits per heavy atom. The van der Waals surface area contributed by atoms with Crippen molar-refractivity contribution >= 4 is 44.2 Å². The van der Waals surface area contributed by atoms with Gasteiger partial charge in [0.2, 0.25) is 11.8 Å². The van der Waals surface area contributed by atoms with Crippen LogP contribution in [0.2, 0.25) is 0 Å². The zero-order valence-electron chi connectivity index (χ0n) is 18.3. The summed E-state index contributed by atoms with van der Waals surface area (Å²) >= 11 is 1.51. The molecular formula is C26H24N4O2S. The van der Waals surface area contributed by atoms with Crippen molar-refractivity contribution in [2.75, 3.05) is 16.3 Å². The van der Waals surface area contributed by atoms with E-state index in [2.05, 4.69) is 24.0 Å². The van der Waals surface area contributed by atoms with Gasteiger partial charge in [-0.15, -0.1) is 0 Å². The molecule has 6 nitrogen and oxygen atoms in total. The fourth-order valence-corrected chi connectivity index (χ4v) is 5.17. The van der Waals surface area contributed by atoms with Crippen molar-refractivity contribution in [1.82, 2.24) is 9.97 Å². The number of aromatic nitrogens is 2. The summed E-state index contributed by atoms with van der Waals surface area (Å²) in [6, 6.07) is 21.4. The summed E-state index contributed by atoms with van der Waals surface area (Å²) in [6.07, 6.45) is 2.86. The Kier molecular flexibility index (Phi) is 5.88. The zero-order valence-corrected chi connectivity index (χ0v) is 19.2. The third kappa shape index (κ3) is 4.36. The molecule has 0 radical (unpaired) electrons. The van der Waals surface area contributed by atoms with E-state index in [4.69, 9.17) is 4.98 Å². The molecule has 0 saturated carbocycles. The van der Waals surface area contributed by atoms with Gasteiger partial charge in [0.15, 0.2) is 5.13 Å². The average Bonchev–Trinajstić information content (AvgIpc) is 3.46. The number of nitrogens with zero attached hydrogens (tertiary/aromatic N) is 4. The molecule has 0 bridgehead atoms. The molecule has 1 saturated heterocycles. The fraction of sp³-hybridized carbons (Fsp3) is 0.231. The van der Waals surface area contributed by atoms with E-state index >= 15 is 0 Å². The van der Waals surface area contributed by atoms with Gasteiger partial charge in [0.05, 0.1) is 28.4 Å². The van der Waals surface area contributed by atoms with E-state index in [1.807, 2.05) is 54.6 Å². The Bertz CT molecular complexity index is 1290. The second-order valence-electron chi connectivity index (χ2n) is 8.14. The largest absolute Gasteiger partial charge is 0.312 e. The molecular weight excluding hydrogens is 432 g/mol. The molecule has 1 aliphatic rings. The number of rotatable bonds is 6. The molecule has 2 amide bonds. The number of hydrogen-bond acceptors (Lipinski definition) is 5. The van der Waals surface area contributed by atoms with Crippen LogP contribution in [-0.2, 0) is 22.6 Å². The number of para-hydroxylation sites is 1. The zero-order chi connectivity index (χ0) is 22.8. The summed E-state index contributed by atoms with van der Waals surface area (Å²) in [4.78, 5) is 39.1. The van der Waals surface area contributed by atoms with Gasteiger partial charge in [0.1, 0.15) is 0 Å². The van der Waals surface area contributed by atoms with E-state index in [0.717, 1.165) is 28.0 Å². The maximum Gasteiger partial charge on any atom is 0.234 e. The Hall–Kier alpha value is -3.58. The Labute approximate surface area is 196 Å². The lowest BCUT2D eigenvalue weighted by atomic mass is 10.1. The molecule has 33 heavy (non-hydrogen) atoms. The number of anilines is 2. The predicted molar refractivity (Wildman–Crippen MR) is 131 cm³/mol. The number of fused-ring (bicyclic) bond motifs is 1. The average molecular weight is 457 g/mol. The third-order valence-corrected chi connectivity index (χ3v) is 6.98. The molecule has 1 fully saturated rings. The summed E-state index contributed by atoms with van der Waals surface area (Å²) < 4.78 is 1.05. The highest BCUT2D eigenvalue weighted by Gasteiger charge is 2.38. The van der Waals surface area contributed by atoms with E-state index in [1.54, 1.807) is 16.0 Å². The van der Waals surface area contributed by atoms with Crippen molar-refractivity contribution in [3.63, 3.8) is 0 Å². The number of carbonyl (C=O) groups excluding carboxylic acids is 2. The molecule has 0 spiro atoms. The third-order valence-electron chi connectivity index (χ3n) is 5.94. The predicted octanol–water partition coefficient (Wildman–Crippen LogP) is 4.84. The molecule has 5 rings (SSSR count). The number of amides is 2. The van der Waals surface area contributed by atoms with Crippen LogP contribution in [0.15, 0.2) is 72.9 Å². The van der Waals surface area contributed by atoms with Crippen molar-refractivity contribution in [2.24, 2.45) is 5.92 Å². The van der Waals surface area contributed by atoms with Crippen molar-refractivity contribution in [1.29, 1.82) is 0 Å². The molecule has 1 atom stereocenters. The van der Waals surface area contributed by atoms with Crippen LogP contribution in [-0.4, -0.2) is 28.3 Å². The van der Waals surface area contributed by atoms with Gasteiger partial charge in [0.25, 0.3) is 0 Å². The molecule has 4 aromatic rings. The van der Waals surface area contributed by atoms with Gasteiger partial charge in [-0.1, -0.05) is 48.6 Å². The van der Waals surface area contributed by atoms with Gasteiger partial charge in [0, 0.05) is 24.8 Å². The number of hydrogen-bond donors (Lipinski definition) is 0. The molecule has 3 heterocycles. The first-order valence-electron chi connectivity index (χ1n) is 11.1. The first-order chi connectivity index (χ1) is 16.1. The van der Waals surface area contributed by atoms with Crippen LogP contribution in [0.25, 0.3) is 10.2 Å². The number of thiazole rings is 1. The highest BCUT2D eigenvalue weighted by atomic mass is 32.1. The molecule has 2 aromatic heterocycles. The standard InChI is InChI=1S/C26H24N4O2S/c1-2-18-11-12-22-23(14-18)33-26(28-22)30(17-20-8-6-7-13-27-20)25(32)19-15-24(31)29(16-19)21-9-4-3-5-10-21/h3-14,19H,2,15-17H2,1H3. The van der Waals surface area contributed by atoms with E-state index < -0.39 is 5.92 Å². The van der Waals surface area contributed by atoms with Gasteiger partial charge < -0.3 is 4.90 Å². The number of pyridine rings is 1. The van der Waals surface area contributed by atoms with Crippen molar-refractivity contribution < 1.29 is 9.59 Å². The Balaban J connectivity index is 1.47. The van der Waals surface area contributed by atoms with Crippen LogP contribution in [0.4, 0.5) is 10.8 Å². The summed E-state index contributed by atoms with van der Waals surface area (Å²) in [5.74, 6) is -0.559. The smallest absolute Gasteiger partial charge is 0.234 e. The first kappa shape index (κ1) is 21.3. The Morgan fingerprint density at radius 3 is 2.70 bits per heavy atom. The monoisotopic (exact) mass is 456 g/mol. The summed E-state index contributed by atoms with van der Waals surface area (Å²) in [7, 11) is 0. The van der Waals surface area contributed by atoms with Crippen LogP contribution in [0.5, 0.6) is 0 Å². The molecule has 166 valence electrons. The minimum Gasteiger partial charge on any atom is -0.312 e. The maximum absolute atomic E-state index is 13.8. The molecule has 0 aliphatic carbocycles. The highest BCUT2D eigenvalue weighted by molar-refractivity contribution is 7.22. The van der Waals surface area contributed by atoms with Gasteiger partial charge in [-0.25, -0.2) is 4.98 Å². The first-order valence-corrected chi connectivity index (χ1v) is 11.9. The molecule has 1 unspecified atom stereocenters. The van der Waals surface area contributed by atoms with Crippen molar-refractivity contribution in [2.45, 2.75) is 26.3 Å². The topological polar surface area (TPSA) is 66.4 Å². The van der Waals surface area contributed by atoms with Crippen LogP contribution >= 0.6 is 11.3 Å². The van der Waals surface area contributed by atoms with E-state index in [0.29, 0.717) is 18.2 Å². The number of aryl methyl sites for hydroxylation is 1. The number of carbonyl (C=O) groups is 2. The van der Waals surface area contributed by atoms with Gasteiger partial charge in [-0.05, 0) is 48.4 Å². The lowest BCUT2D eigenvalue weighted by Gasteiger charge is -2.23. The SMILES string of the molecule is CCc1ccc2nc(N(Cc3ccccn3)C(=O)C3CC(=O)N(c4ccccc4)C3)sc2c1. The molecule has 0 N–H and O–H groups in total. The van der Waals surface area contributed by atoms with Gasteiger partial charge in [-0.2, -0.15) is 0 Å². The summed E-state index contributed by atoms with van der Waals surface area (Å²) in [5.41, 5.74) is 3.71.